The van der Waals surface area contributed by atoms with Crippen LogP contribution in [-0.4, -0.2) is 20.1 Å². The quantitative estimate of drug-likeness (QED) is 0.774. The zero-order chi connectivity index (χ0) is 11.4. The first kappa shape index (κ1) is 11.6. The molecule has 1 rings (SSSR count). The smallest absolute Gasteiger partial charge is 0.327 e. The number of ether oxygens (including phenoxy) is 1. The van der Waals surface area contributed by atoms with E-state index in [-0.39, 0.29) is 5.56 Å². The molecule has 0 saturated heterocycles. The predicted octanol–water partition coefficient (Wildman–Crippen LogP) is 1.40. The number of methoxy groups -OCH3 is 1. The van der Waals surface area contributed by atoms with E-state index in [1.165, 1.54) is 20.2 Å². The Morgan fingerprint density at radius 2 is 2.13 bits per heavy atom. The lowest BCUT2D eigenvalue weighted by Gasteiger charge is -2.14. The van der Waals surface area contributed by atoms with Gasteiger partial charge in [-0.3, -0.25) is 0 Å². The van der Waals surface area contributed by atoms with Crippen LogP contribution in [0.2, 0.25) is 0 Å². The van der Waals surface area contributed by atoms with E-state index in [1.807, 2.05) is 0 Å². The molecule has 5 heteroatoms. The van der Waals surface area contributed by atoms with Gasteiger partial charge in [-0.25, -0.2) is 13.6 Å². The lowest BCUT2D eigenvalue weighted by Crippen LogP contribution is -2.27. The summed E-state index contributed by atoms with van der Waals surface area (Å²) in [5.41, 5.74) is 0.0609. The summed E-state index contributed by atoms with van der Waals surface area (Å²) in [6.45, 7) is 0. The second kappa shape index (κ2) is 4.84. The van der Waals surface area contributed by atoms with Gasteiger partial charge in [-0.1, -0.05) is 6.07 Å². The van der Waals surface area contributed by atoms with Crippen LogP contribution in [0.25, 0.3) is 0 Å². The molecule has 0 radical (unpaired) electrons. The van der Waals surface area contributed by atoms with E-state index in [9.17, 15) is 13.6 Å². The molecule has 0 amide bonds. The second-order valence-electron chi connectivity index (χ2n) is 2.91. The van der Waals surface area contributed by atoms with E-state index < -0.39 is 23.6 Å². The molecule has 0 saturated carbocycles. The summed E-state index contributed by atoms with van der Waals surface area (Å²) in [7, 11) is 2.69. The van der Waals surface area contributed by atoms with Gasteiger partial charge in [0.1, 0.15) is 17.7 Å². The van der Waals surface area contributed by atoms with E-state index >= 15 is 0 Å². The van der Waals surface area contributed by atoms with Crippen LogP contribution in [-0.2, 0) is 9.53 Å². The summed E-state index contributed by atoms with van der Waals surface area (Å²) in [5.74, 6) is -2.08. The Balaban J connectivity index is 3.07. The first-order chi connectivity index (χ1) is 7.10. The lowest BCUT2D eigenvalue weighted by atomic mass is 10.1. The van der Waals surface area contributed by atoms with Gasteiger partial charge in [0.15, 0.2) is 0 Å². The summed E-state index contributed by atoms with van der Waals surface area (Å²) >= 11 is 0. The number of benzene rings is 1. The van der Waals surface area contributed by atoms with Gasteiger partial charge < -0.3 is 10.1 Å². The largest absolute Gasteiger partial charge is 0.468 e. The number of hydrogen-bond donors (Lipinski definition) is 1. The highest BCUT2D eigenvalue weighted by atomic mass is 19.1. The van der Waals surface area contributed by atoms with Gasteiger partial charge in [0, 0.05) is 11.6 Å². The number of rotatable bonds is 3. The molecule has 0 heterocycles. The first-order valence-corrected chi connectivity index (χ1v) is 4.30. The lowest BCUT2D eigenvalue weighted by molar-refractivity contribution is -0.143. The van der Waals surface area contributed by atoms with Crippen LogP contribution in [0.4, 0.5) is 8.78 Å². The van der Waals surface area contributed by atoms with Crippen LogP contribution in [0, 0.1) is 11.6 Å². The van der Waals surface area contributed by atoms with E-state index in [0.717, 1.165) is 12.1 Å². The van der Waals surface area contributed by atoms with Crippen molar-refractivity contribution < 1.29 is 18.3 Å². The van der Waals surface area contributed by atoms with Crippen molar-refractivity contribution in [3.05, 3.63) is 35.4 Å². The molecule has 1 unspecified atom stereocenters. The Kier molecular flexibility index (Phi) is 3.74. The van der Waals surface area contributed by atoms with Crippen LogP contribution < -0.4 is 5.32 Å². The number of halogens is 2. The molecule has 1 aromatic carbocycles. The molecule has 0 bridgehead atoms. The van der Waals surface area contributed by atoms with Gasteiger partial charge in [-0.15, -0.1) is 0 Å². The van der Waals surface area contributed by atoms with Crippen molar-refractivity contribution in [3.8, 4) is 0 Å². The van der Waals surface area contributed by atoms with E-state index in [4.69, 9.17) is 0 Å². The minimum absolute atomic E-state index is 0.0609. The number of likely N-dealkylation sites (N-methyl/N-ethyl adjacent to an activating group) is 1. The standard InChI is InChI=1S/C10H11F2NO2/c1-13-9(10(14)15-2)7-4-3-6(11)5-8(7)12/h3-5,9,13H,1-2H3. The molecule has 0 spiro atoms. The van der Waals surface area contributed by atoms with E-state index in [2.05, 4.69) is 10.1 Å². The molecule has 1 N–H and O–H groups in total. The normalized spacial score (nSPS) is 12.3. The third-order valence-corrected chi connectivity index (χ3v) is 2.00. The van der Waals surface area contributed by atoms with Crippen molar-refractivity contribution in [2.75, 3.05) is 14.2 Å². The molecule has 0 fully saturated rings. The maximum absolute atomic E-state index is 13.3. The van der Waals surface area contributed by atoms with Gasteiger partial charge in [-0.05, 0) is 13.1 Å². The molecular formula is C10H11F2NO2. The molecule has 1 atom stereocenters. The Labute approximate surface area is 86.0 Å². The molecule has 0 aliphatic heterocycles. The minimum atomic E-state index is -0.921. The zero-order valence-electron chi connectivity index (χ0n) is 8.38. The third kappa shape index (κ3) is 2.50. The van der Waals surface area contributed by atoms with Crippen LogP contribution in [0.15, 0.2) is 18.2 Å². The third-order valence-electron chi connectivity index (χ3n) is 2.00. The molecule has 3 nitrogen and oxygen atoms in total. The fourth-order valence-corrected chi connectivity index (χ4v) is 1.25. The topological polar surface area (TPSA) is 38.3 Å². The molecule has 82 valence electrons. The van der Waals surface area contributed by atoms with Crippen molar-refractivity contribution in [3.63, 3.8) is 0 Å². The zero-order valence-corrected chi connectivity index (χ0v) is 8.38. The van der Waals surface area contributed by atoms with Crippen LogP contribution in [0.1, 0.15) is 11.6 Å². The minimum Gasteiger partial charge on any atom is -0.468 e. The molecule has 15 heavy (non-hydrogen) atoms. The molecule has 0 aliphatic rings. The number of carbonyl (C=O) groups excluding carboxylic acids is 1. The summed E-state index contributed by atoms with van der Waals surface area (Å²) in [4.78, 5) is 11.2. The summed E-state index contributed by atoms with van der Waals surface area (Å²) in [6.07, 6.45) is 0. The SMILES string of the molecule is CNC(C(=O)OC)c1ccc(F)cc1F. The van der Waals surface area contributed by atoms with Crippen LogP contribution >= 0.6 is 0 Å². The summed E-state index contributed by atoms with van der Waals surface area (Å²) < 4.78 is 30.4. The van der Waals surface area contributed by atoms with E-state index in [0.29, 0.717) is 0 Å². The predicted molar refractivity (Wildman–Crippen MR) is 50.2 cm³/mol. The van der Waals surface area contributed by atoms with Crippen molar-refractivity contribution in [1.29, 1.82) is 0 Å². The average molecular weight is 215 g/mol. The molecule has 1 aromatic rings. The van der Waals surface area contributed by atoms with Crippen molar-refractivity contribution in [2.24, 2.45) is 0 Å². The highest BCUT2D eigenvalue weighted by molar-refractivity contribution is 5.77. The van der Waals surface area contributed by atoms with Crippen LogP contribution in [0.3, 0.4) is 0 Å². The fourth-order valence-electron chi connectivity index (χ4n) is 1.25. The number of esters is 1. The van der Waals surface area contributed by atoms with E-state index in [1.54, 1.807) is 0 Å². The summed E-state index contributed by atoms with van der Waals surface area (Å²) in [6, 6.07) is 2.10. The number of carbonyl (C=O) groups is 1. The highest BCUT2D eigenvalue weighted by Crippen LogP contribution is 2.18. The number of hydrogen-bond acceptors (Lipinski definition) is 3. The van der Waals surface area contributed by atoms with Gasteiger partial charge in [-0.2, -0.15) is 0 Å². The Morgan fingerprint density at radius 3 is 2.60 bits per heavy atom. The van der Waals surface area contributed by atoms with Crippen molar-refractivity contribution >= 4 is 5.97 Å². The second-order valence-corrected chi connectivity index (χ2v) is 2.91. The Bertz CT molecular complexity index is 368. The van der Waals surface area contributed by atoms with Gasteiger partial charge in [0.25, 0.3) is 0 Å². The monoisotopic (exact) mass is 215 g/mol. The van der Waals surface area contributed by atoms with Gasteiger partial charge in [0.05, 0.1) is 7.11 Å². The fraction of sp³-hybridized carbons (Fsp3) is 0.300. The highest BCUT2D eigenvalue weighted by Gasteiger charge is 2.22. The maximum Gasteiger partial charge on any atom is 0.327 e. The Hall–Kier alpha value is -1.49. The average Bonchev–Trinajstić information content (AvgIpc) is 2.21. The molecule has 0 aromatic heterocycles. The van der Waals surface area contributed by atoms with Crippen molar-refractivity contribution in [1.82, 2.24) is 5.32 Å². The van der Waals surface area contributed by atoms with Gasteiger partial charge >= 0.3 is 5.97 Å². The maximum atomic E-state index is 13.3. The first-order valence-electron chi connectivity index (χ1n) is 4.30. The molecular weight excluding hydrogens is 204 g/mol. The molecule has 0 aliphatic carbocycles. The van der Waals surface area contributed by atoms with Gasteiger partial charge in [0.2, 0.25) is 0 Å². The van der Waals surface area contributed by atoms with Crippen molar-refractivity contribution in [2.45, 2.75) is 6.04 Å². The number of nitrogens with one attached hydrogen (secondary N) is 1. The summed E-state index contributed by atoms with van der Waals surface area (Å²) in [5, 5.41) is 2.59. The Morgan fingerprint density at radius 1 is 1.47 bits per heavy atom. The van der Waals surface area contributed by atoms with Crippen LogP contribution in [0.5, 0.6) is 0 Å².